The summed E-state index contributed by atoms with van der Waals surface area (Å²) in [6.07, 6.45) is 1.40. The van der Waals surface area contributed by atoms with Gasteiger partial charge >= 0.3 is 0 Å². The molecule has 0 fully saturated rings. The fourth-order valence-corrected chi connectivity index (χ4v) is 2.55. The average molecular weight is 373 g/mol. The zero-order valence-corrected chi connectivity index (χ0v) is 14.8. The number of para-hydroxylation sites is 3. The highest BCUT2D eigenvalue weighted by atomic mass is 35.5. The number of hydrogen-bond acceptors (Lipinski definition) is 3. The normalized spacial score (nSPS) is 10.4. The Labute approximate surface area is 155 Å². The van der Waals surface area contributed by atoms with Crippen molar-refractivity contribution in [3.05, 3.63) is 82.6 Å². The third kappa shape index (κ3) is 3.92. The van der Waals surface area contributed by atoms with E-state index >= 15 is 0 Å². The summed E-state index contributed by atoms with van der Waals surface area (Å²) < 4.78 is 5.90. The summed E-state index contributed by atoms with van der Waals surface area (Å²) in [5.41, 5.74) is 0.967. The Kier molecular flexibility index (Phi) is 5.22. The van der Waals surface area contributed by atoms with E-state index in [-0.39, 0.29) is 16.1 Å². The number of hydrogen-bond donors (Lipinski definition) is 0. The monoisotopic (exact) mass is 372 g/mol. The van der Waals surface area contributed by atoms with E-state index in [9.17, 15) is 4.79 Å². The molecule has 0 saturated carbocycles. The SMILES string of the molecule is CN(C(=O)c1cnc(Cl)c(Cl)c1)c1ccccc1Oc1ccccc1. The van der Waals surface area contributed by atoms with Gasteiger partial charge in [-0.3, -0.25) is 4.79 Å². The molecule has 2 aromatic carbocycles. The molecule has 0 aliphatic heterocycles. The number of halogens is 2. The minimum absolute atomic E-state index is 0.161. The topological polar surface area (TPSA) is 42.4 Å². The first-order valence-electron chi connectivity index (χ1n) is 7.47. The molecule has 126 valence electrons. The van der Waals surface area contributed by atoms with Crippen LogP contribution in [0.25, 0.3) is 0 Å². The standard InChI is InChI=1S/C19H14Cl2N2O2/c1-23(19(24)13-11-15(20)18(21)22-12-13)16-9-5-6-10-17(16)25-14-7-3-2-4-8-14/h2-12H,1H3. The molecule has 0 unspecified atom stereocenters. The van der Waals surface area contributed by atoms with Crippen molar-refractivity contribution in [1.82, 2.24) is 4.98 Å². The van der Waals surface area contributed by atoms with Crippen molar-refractivity contribution < 1.29 is 9.53 Å². The first-order chi connectivity index (χ1) is 12.1. The lowest BCUT2D eigenvalue weighted by atomic mass is 10.2. The molecule has 0 N–H and O–H groups in total. The van der Waals surface area contributed by atoms with Gasteiger partial charge < -0.3 is 9.64 Å². The van der Waals surface area contributed by atoms with Gasteiger partial charge in [0.2, 0.25) is 0 Å². The Hall–Kier alpha value is -2.56. The summed E-state index contributed by atoms with van der Waals surface area (Å²) in [5.74, 6) is 0.986. The van der Waals surface area contributed by atoms with Gasteiger partial charge in [-0.15, -0.1) is 0 Å². The molecular weight excluding hydrogens is 359 g/mol. The van der Waals surface area contributed by atoms with Crippen molar-refractivity contribution in [2.45, 2.75) is 0 Å². The fraction of sp³-hybridized carbons (Fsp3) is 0.0526. The maximum absolute atomic E-state index is 12.7. The molecule has 3 rings (SSSR count). The molecule has 3 aromatic rings. The number of nitrogens with zero attached hydrogens (tertiary/aromatic N) is 2. The second-order valence-electron chi connectivity index (χ2n) is 5.24. The van der Waals surface area contributed by atoms with Crippen LogP contribution in [0.5, 0.6) is 11.5 Å². The first kappa shape index (κ1) is 17.3. The summed E-state index contributed by atoms with van der Waals surface area (Å²) in [4.78, 5) is 18.1. The second-order valence-corrected chi connectivity index (χ2v) is 6.01. The Morgan fingerprint density at radius 1 is 1.04 bits per heavy atom. The van der Waals surface area contributed by atoms with Gasteiger partial charge in [0, 0.05) is 13.2 Å². The van der Waals surface area contributed by atoms with E-state index in [0.717, 1.165) is 0 Å². The highest BCUT2D eigenvalue weighted by Gasteiger charge is 2.18. The summed E-state index contributed by atoms with van der Waals surface area (Å²) in [5, 5.41) is 0.392. The predicted molar refractivity (Wildman–Crippen MR) is 99.9 cm³/mol. The maximum Gasteiger partial charge on any atom is 0.259 e. The van der Waals surface area contributed by atoms with Crippen molar-refractivity contribution in [3.8, 4) is 11.5 Å². The number of carbonyl (C=O) groups excluding carboxylic acids is 1. The minimum Gasteiger partial charge on any atom is -0.455 e. The lowest BCUT2D eigenvalue weighted by molar-refractivity contribution is 0.0992. The Morgan fingerprint density at radius 3 is 2.44 bits per heavy atom. The molecular formula is C19H14Cl2N2O2. The van der Waals surface area contributed by atoms with Crippen LogP contribution in [0.15, 0.2) is 66.9 Å². The molecule has 0 bridgehead atoms. The molecule has 0 saturated heterocycles. The van der Waals surface area contributed by atoms with Crippen LogP contribution >= 0.6 is 23.2 Å². The van der Waals surface area contributed by atoms with Crippen LogP contribution in [0.1, 0.15) is 10.4 Å². The van der Waals surface area contributed by atoms with Gasteiger partial charge in [-0.1, -0.05) is 53.5 Å². The van der Waals surface area contributed by atoms with E-state index in [0.29, 0.717) is 22.7 Å². The highest BCUT2D eigenvalue weighted by Crippen LogP contribution is 2.32. The molecule has 4 nitrogen and oxygen atoms in total. The molecule has 0 aliphatic rings. The van der Waals surface area contributed by atoms with E-state index in [1.807, 2.05) is 42.5 Å². The number of carbonyl (C=O) groups is 1. The van der Waals surface area contributed by atoms with Crippen molar-refractivity contribution in [2.75, 3.05) is 11.9 Å². The van der Waals surface area contributed by atoms with E-state index in [2.05, 4.69) is 4.98 Å². The van der Waals surface area contributed by atoms with Gasteiger partial charge in [-0.25, -0.2) is 4.98 Å². The number of ether oxygens (including phenoxy) is 1. The summed E-state index contributed by atoms with van der Waals surface area (Å²) in [7, 11) is 1.66. The number of rotatable bonds is 4. The summed E-state index contributed by atoms with van der Waals surface area (Å²) >= 11 is 11.8. The molecule has 0 aliphatic carbocycles. The number of benzene rings is 2. The molecule has 0 spiro atoms. The number of aromatic nitrogens is 1. The van der Waals surface area contributed by atoms with Crippen LogP contribution in [0.4, 0.5) is 5.69 Å². The molecule has 0 atom stereocenters. The molecule has 1 amide bonds. The van der Waals surface area contributed by atoms with Crippen molar-refractivity contribution in [3.63, 3.8) is 0 Å². The quantitative estimate of drug-likeness (QED) is 0.571. The summed E-state index contributed by atoms with van der Waals surface area (Å²) in [6.45, 7) is 0. The van der Waals surface area contributed by atoms with Gasteiger partial charge in [0.25, 0.3) is 5.91 Å². The zero-order chi connectivity index (χ0) is 17.8. The van der Waals surface area contributed by atoms with E-state index in [4.69, 9.17) is 27.9 Å². The van der Waals surface area contributed by atoms with E-state index in [1.54, 1.807) is 19.2 Å². The Morgan fingerprint density at radius 2 is 1.72 bits per heavy atom. The maximum atomic E-state index is 12.7. The van der Waals surface area contributed by atoms with Crippen LogP contribution < -0.4 is 9.64 Å². The van der Waals surface area contributed by atoms with Crippen LogP contribution in [-0.4, -0.2) is 17.9 Å². The number of anilines is 1. The molecule has 6 heteroatoms. The predicted octanol–water partition coefficient (Wildman–Crippen LogP) is 5.46. The van der Waals surface area contributed by atoms with Crippen LogP contribution in [-0.2, 0) is 0 Å². The lowest BCUT2D eigenvalue weighted by Crippen LogP contribution is -2.26. The molecule has 25 heavy (non-hydrogen) atoms. The lowest BCUT2D eigenvalue weighted by Gasteiger charge is -2.20. The van der Waals surface area contributed by atoms with Gasteiger partial charge in [-0.2, -0.15) is 0 Å². The zero-order valence-electron chi connectivity index (χ0n) is 13.3. The van der Waals surface area contributed by atoms with Gasteiger partial charge in [0.15, 0.2) is 5.75 Å². The van der Waals surface area contributed by atoms with E-state index in [1.165, 1.54) is 17.2 Å². The van der Waals surface area contributed by atoms with Gasteiger partial charge in [0.1, 0.15) is 10.9 Å². The van der Waals surface area contributed by atoms with Gasteiger partial charge in [0.05, 0.1) is 16.3 Å². The van der Waals surface area contributed by atoms with Crippen molar-refractivity contribution >= 4 is 34.8 Å². The molecule has 1 heterocycles. The fourth-order valence-electron chi connectivity index (χ4n) is 2.28. The highest BCUT2D eigenvalue weighted by molar-refractivity contribution is 6.41. The van der Waals surface area contributed by atoms with Crippen LogP contribution in [0, 0.1) is 0 Å². The third-order valence-corrected chi connectivity index (χ3v) is 4.23. The largest absolute Gasteiger partial charge is 0.455 e. The van der Waals surface area contributed by atoms with E-state index < -0.39 is 0 Å². The Bertz CT molecular complexity index is 901. The number of amides is 1. The minimum atomic E-state index is -0.268. The van der Waals surface area contributed by atoms with Crippen molar-refractivity contribution in [2.24, 2.45) is 0 Å². The van der Waals surface area contributed by atoms with Crippen LogP contribution in [0.2, 0.25) is 10.2 Å². The first-order valence-corrected chi connectivity index (χ1v) is 8.23. The third-order valence-electron chi connectivity index (χ3n) is 3.55. The summed E-state index contributed by atoms with van der Waals surface area (Å²) in [6, 6.07) is 18.2. The van der Waals surface area contributed by atoms with Crippen molar-refractivity contribution in [1.29, 1.82) is 0 Å². The average Bonchev–Trinajstić information content (AvgIpc) is 2.64. The van der Waals surface area contributed by atoms with Gasteiger partial charge in [-0.05, 0) is 30.3 Å². The smallest absolute Gasteiger partial charge is 0.259 e. The van der Waals surface area contributed by atoms with Crippen LogP contribution in [0.3, 0.4) is 0 Å². The second kappa shape index (κ2) is 7.55. The molecule has 0 radical (unpaired) electrons. The molecule has 1 aromatic heterocycles. The Balaban J connectivity index is 1.90. The number of pyridine rings is 1.